The number of benzene rings is 1. The Kier molecular flexibility index (Phi) is 4.65. The summed E-state index contributed by atoms with van der Waals surface area (Å²) in [7, 11) is 1.82. The van der Waals surface area contributed by atoms with E-state index in [0.717, 1.165) is 24.0 Å². The van der Waals surface area contributed by atoms with Crippen molar-refractivity contribution in [3.8, 4) is 0 Å². The summed E-state index contributed by atoms with van der Waals surface area (Å²) in [5.41, 5.74) is 0.548. The Morgan fingerprint density at radius 3 is 3.06 bits per heavy atom. The molecule has 0 saturated carbocycles. The third kappa shape index (κ3) is 3.05. The van der Waals surface area contributed by atoms with Gasteiger partial charge in [0.1, 0.15) is 0 Å². The van der Waals surface area contributed by atoms with Crippen molar-refractivity contribution in [2.45, 2.75) is 18.9 Å². The van der Waals surface area contributed by atoms with E-state index in [9.17, 15) is 4.79 Å². The summed E-state index contributed by atoms with van der Waals surface area (Å²) in [5, 5.41) is 3.86. The third-order valence-corrected chi connectivity index (χ3v) is 4.48. The van der Waals surface area contributed by atoms with Crippen LogP contribution in [-0.4, -0.2) is 37.0 Å². The number of likely N-dealkylation sites (N-methyl/N-ethyl adjacent to an activating group) is 1. The molecular weight excluding hydrogens is 316 g/mol. The van der Waals surface area contributed by atoms with E-state index in [1.807, 2.05) is 19.2 Å². The van der Waals surface area contributed by atoms with Crippen LogP contribution in [0.1, 0.15) is 23.2 Å². The number of carbonyl (C=O) groups is 1. The number of halogens is 2. The van der Waals surface area contributed by atoms with E-state index in [1.54, 1.807) is 11.0 Å². The minimum Gasteiger partial charge on any atom is -0.340 e. The Morgan fingerprint density at radius 1 is 1.61 bits per heavy atom. The maximum atomic E-state index is 12.3. The monoisotopic (exact) mass is 330 g/mol. The minimum atomic E-state index is -0.0324. The quantitative estimate of drug-likeness (QED) is 0.923. The van der Waals surface area contributed by atoms with Crippen molar-refractivity contribution in [2.24, 2.45) is 0 Å². The summed E-state index contributed by atoms with van der Waals surface area (Å²) in [4.78, 5) is 14.0. The lowest BCUT2D eigenvalue weighted by atomic mass is 10.1. The molecule has 0 radical (unpaired) electrons. The van der Waals surface area contributed by atoms with Crippen LogP contribution in [0.5, 0.6) is 0 Å². The minimum absolute atomic E-state index is 0.0324. The number of nitrogens with one attached hydrogen (secondary N) is 1. The van der Waals surface area contributed by atoms with Crippen LogP contribution in [0.3, 0.4) is 0 Å². The van der Waals surface area contributed by atoms with Crippen molar-refractivity contribution in [3.63, 3.8) is 0 Å². The topological polar surface area (TPSA) is 32.3 Å². The fourth-order valence-electron chi connectivity index (χ4n) is 2.20. The number of carbonyl (C=O) groups excluding carboxylic acids is 1. The SMILES string of the molecule is CN(CC1CCCN1)C(=O)c1cccc(Br)c1Cl. The zero-order valence-corrected chi connectivity index (χ0v) is 12.6. The van der Waals surface area contributed by atoms with Crippen LogP contribution >= 0.6 is 27.5 Å². The highest BCUT2D eigenvalue weighted by atomic mass is 79.9. The van der Waals surface area contributed by atoms with Crippen LogP contribution in [0.2, 0.25) is 5.02 Å². The molecule has 5 heteroatoms. The molecule has 1 atom stereocenters. The van der Waals surface area contributed by atoms with Gasteiger partial charge in [0, 0.05) is 24.1 Å². The summed E-state index contributed by atoms with van der Waals surface area (Å²) in [6.07, 6.45) is 2.31. The average molecular weight is 332 g/mol. The highest BCUT2D eigenvalue weighted by molar-refractivity contribution is 9.10. The van der Waals surface area contributed by atoms with Crippen LogP contribution in [0, 0.1) is 0 Å². The van der Waals surface area contributed by atoms with Crippen molar-refractivity contribution in [1.29, 1.82) is 0 Å². The highest BCUT2D eigenvalue weighted by Crippen LogP contribution is 2.26. The van der Waals surface area contributed by atoms with E-state index in [4.69, 9.17) is 11.6 Å². The number of rotatable bonds is 3. The molecular formula is C13H16BrClN2O. The van der Waals surface area contributed by atoms with Gasteiger partial charge in [0.15, 0.2) is 0 Å². The Bertz CT molecular complexity index is 447. The molecule has 1 unspecified atom stereocenters. The van der Waals surface area contributed by atoms with Crippen LogP contribution in [0.15, 0.2) is 22.7 Å². The fraction of sp³-hybridized carbons (Fsp3) is 0.462. The van der Waals surface area contributed by atoms with Gasteiger partial charge in [0.25, 0.3) is 5.91 Å². The number of nitrogens with zero attached hydrogens (tertiary/aromatic N) is 1. The summed E-state index contributed by atoms with van der Waals surface area (Å²) >= 11 is 9.48. The normalized spacial score (nSPS) is 18.9. The number of hydrogen-bond acceptors (Lipinski definition) is 2. The fourth-order valence-corrected chi connectivity index (χ4v) is 2.77. The molecule has 1 amide bonds. The van der Waals surface area contributed by atoms with Gasteiger partial charge in [0.2, 0.25) is 0 Å². The first-order valence-electron chi connectivity index (χ1n) is 6.02. The molecule has 1 aromatic rings. The van der Waals surface area contributed by atoms with E-state index in [1.165, 1.54) is 6.42 Å². The molecule has 2 rings (SSSR count). The molecule has 0 spiro atoms. The molecule has 1 fully saturated rings. The molecule has 18 heavy (non-hydrogen) atoms. The van der Waals surface area contributed by atoms with Gasteiger partial charge in [-0.3, -0.25) is 4.79 Å². The summed E-state index contributed by atoms with van der Waals surface area (Å²) < 4.78 is 0.752. The smallest absolute Gasteiger partial charge is 0.255 e. The van der Waals surface area contributed by atoms with E-state index in [2.05, 4.69) is 21.2 Å². The van der Waals surface area contributed by atoms with Crippen molar-refractivity contribution in [3.05, 3.63) is 33.3 Å². The zero-order valence-electron chi connectivity index (χ0n) is 10.2. The van der Waals surface area contributed by atoms with Gasteiger partial charge in [-0.05, 0) is 47.4 Å². The van der Waals surface area contributed by atoms with Gasteiger partial charge < -0.3 is 10.2 Å². The van der Waals surface area contributed by atoms with Gasteiger partial charge in [-0.2, -0.15) is 0 Å². The largest absolute Gasteiger partial charge is 0.340 e. The lowest BCUT2D eigenvalue weighted by Crippen LogP contribution is -2.38. The molecule has 0 aromatic heterocycles. The second kappa shape index (κ2) is 6.04. The van der Waals surface area contributed by atoms with E-state index < -0.39 is 0 Å². The van der Waals surface area contributed by atoms with Gasteiger partial charge in [0.05, 0.1) is 10.6 Å². The lowest BCUT2D eigenvalue weighted by Gasteiger charge is -2.22. The Labute approximate surface area is 121 Å². The first-order valence-corrected chi connectivity index (χ1v) is 7.19. The maximum Gasteiger partial charge on any atom is 0.255 e. The summed E-state index contributed by atoms with van der Waals surface area (Å²) in [6.45, 7) is 1.77. The third-order valence-electron chi connectivity index (χ3n) is 3.19. The predicted molar refractivity (Wildman–Crippen MR) is 77.1 cm³/mol. The van der Waals surface area contributed by atoms with Gasteiger partial charge in [-0.25, -0.2) is 0 Å². The number of amides is 1. The van der Waals surface area contributed by atoms with Crippen LogP contribution in [0.25, 0.3) is 0 Å². The van der Waals surface area contributed by atoms with Crippen molar-refractivity contribution in [2.75, 3.05) is 20.1 Å². The molecule has 0 aliphatic carbocycles. The Hall–Kier alpha value is -0.580. The standard InChI is InChI=1S/C13H16BrClN2O/c1-17(8-9-4-3-7-16-9)13(18)10-5-2-6-11(14)12(10)15/h2,5-6,9,16H,3-4,7-8H2,1H3. The van der Waals surface area contributed by atoms with Crippen molar-refractivity contribution in [1.82, 2.24) is 10.2 Å². The predicted octanol–water partition coefficient (Wildman–Crippen LogP) is 2.93. The van der Waals surface area contributed by atoms with Crippen LogP contribution in [-0.2, 0) is 0 Å². The molecule has 1 N–H and O–H groups in total. The van der Waals surface area contributed by atoms with Crippen LogP contribution in [0.4, 0.5) is 0 Å². The van der Waals surface area contributed by atoms with Gasteiger partial charge >= 0.3 is 0 Å². The Morgan fingerprint density at radius 2 is 2.39 bits per heavy atom. The molecule has 1 aliphatic heterocycles. The molecule has 1 aliphatic rings. The van der Waals surface area contributed by atoms with Crippen molar-refractivity contribution >= 4 is 33.4 Å². The van der Waals surface area contributed by atoms with Gasteiger partial charge in [-0.15, -0.1) is 0 Å². The maximum absolute atomic E-state index is 12.3. The zero-order chi connectivity index (χ0) is 13.1. The molecule has 3 nitrogen and oxygen atoms in total. The van der Waals surface area contributed by atoms with Crippen molar-refractivity contribution < 1.29 is 4.79 Å². The second-order valence-corrected chi connectivity index (χ2v) is 5.81. The lowest BCUT2D eigenvalue weighted by molar-refractivity contribution is 0.0784. The molecule has 1 heterocycles. The van der Waals surface area contributed by atoms with E-state index >= 15 is 0 Å². The summed E-state index contributed by atoms with van der Waals surface area (Å²) in [5.74, 6) is -0.0324. The second-order valence-electron chi connectivity index (χ2n) is 4.58. The van der Waals surface area contributed by atoms with Gasteiger partial charge in [-0.1, -0.05) is 17.7 Å². The first-order chi connectivity index (χ1) is 8.59. The molecule has 98 valence electrons. The number of hydrogen-bond donors (Lipinski definition) is 1. The Balaban J connectivity index is 2.07. The first kappa shape index (κ1) is 13.8. The molecule has 0 bridgehead atoms. The average Bonchev–Trinajstić information content (AvgIpc) is 2.84. The highest BCUT2D eigenvalue weighted by Gasteiger charge is 2.21. The van der Waals surface area contributed by atoms with E-state index in [0.29, 0.717) is 16.6 Å². The summed E-state index contributed by atoms with van der Waals surface area (Å²) in [6, 6.07) is 5.82. The van der Waals surface area contributed by atoms with E-state index in [-0.39, 0.29) is 5.91 Å². The van der Waals surface area contributed by atoms with Crippen LogP contribution < -0.4 is 5.32 Å². The molecule has 1 saturated heterocycles. The molecule has 1 aromatic carbocycles.